The Kier molecular flexibility index (Phi) is 5.21. The molecule has 2 heteroatoms. The lowest BCUT2D eigenvalue weighted by molar-refractivity contribution is 0.392. The van der Waals surface area contributed by atoms with Gasteiger partial charge in [-0.15, -0.1) is 0 Å². The van der Waals surface area contributed by atoms with Gasteiger partial charge in [-0.2, -0.15) is 0 Å². The third kappa shape index (κ3) is 3.77. The van der Waals surface area contributed by atoms with Crippen molar-refractivity contribution in [2.24, 2.45) is 0 Å². The van der Waals surface area contributed by atoms with Gasteiger partial charge >= 0.3 is 0 Å². The zero-order valence-electron chi connectivity index (χ0n) is 10.1. The molecule has 14 heavy (non-hydrogen) atoms. The molecule has 0 saturated heterocycles. The Hall–Kier alpha value is -1.05. The predicted octanol–water partition coefficient (Wildman–Crippen LogP) is 3.41. The summed E-state index contributed by atoms with van der Waals surface area (Å²) >= 11 is 0. The van der Waals surface area contributed by atoms with Gasteiger partial charge < -0.3 is 4.74 Å². The van der Waals surface area contributed by atoms with Crippen LogP contribution in [0.15, 0.2) is 18.2 Å². The molecule has 1 aromatic rings. The molecule has 0 bridgehead atoms. The van der Waals surface area contributed by atoms with Crippen LogP contribution in [0.25, 0.3) is 0 Å². The van der Waals surface area contributed by atoms with Gasteiger partial charge in [0.25, 0.3) is 0 Å². The van der Waals surface area contributed by atoms with Crippen LogP contribution in [0.5, 0.6) is 5.88 Å². The fraction of sp³-hybridized carbons (Fsp3) is 0.583. The molecular weight excluding hydrogens is 174 g/mol. The number of pyridine rings is 1. The highest BCUT2D eigenvalue weighted by atomic mass is 16.5. The Morgan fingerprint density at radius 1 is 1.14 bits per heavy atom. The zero-order chi connectivity index (χ0) is 11.2. The number of rotatable bonds is 1. The van der Waals surface area contributed by atoms with Gasteiger partial charge in [0, 0.05) is 17.2 Å². The minimum absolute atomic E-state index is 0.0918. The van der Waals surface area contributed by atoms with Crippen molar-refractivity contribution in [2.75, 3.05) is 7.11 Å². The van der Waals surface area contributed by atoms with Crippen molar-refractivity contribution in [1.29, 1.82) is 0 Å². The van der Waals surface area contributed by atoms with E-state index in [9.17, 15) is 0 Å². The lowest BCUT2D eigenvalue weighted by Crippen LogP contribution is -2.13. The Bertz CT molecular complexity index is 263. The molecule has 0 fully saturated rings. The van der Waals surface area contributed by atoms with E-state index in [1.807, 2.05) is 32.0 Å². The predicted molar refractivity (Wildman–Crippen MR) is 60.8 cm³/mol. The first-order valence-corrected chi connectivity index (χ1v) is 5.05. The Labute approximate surface area is 87.3 Å². The van der Waals surface area contributed by atoms with E-state index < -0.39 is 0 Å². The molecule has 0 saturated carbocycles. The first-order valence-electron chi connectivity index (χ1n) is 5.05. The van der Waals surface area contributed by atoms with Crippen LogP contribution in [-0.2, 0) is 5.41 Å². The van der Waals surface area contributed by atoms with Crippen molar-refractivity contribution in [3.63, 3.8) is 0 Å². The van der Waals surface area contributed by atoms with E-state index in [2.05, 4.69) is 25.8 Å². The summed E-state index contributed by atoms with van der Waals surface area (Å²) in [6, 6.07) is 5.84. The molecule has 0 spiro atoms. The first-order chi connectivity index (χ1) is 6.54. The third-order valence-corrected chi connectivity index (χ3v) is 1.70. The van der Waals surface area contributed by atoms with Crippen LogP contribution in [0, 0.1) is 0 Å². The fourth-order valence-electron chi connectivity index (χ4n) is 0.946. The van der Waals surface area contributed by atoms with E-state index in [1.54, 1.807) is 7.11 Å². The molecule has 0 N–H and O–H groups in total. The fourth-order valence-corrected chi connectivity index (χ4v) is 0.946. The highest BCUT2D eigenvalue weighted by Crippen LogP contribution is 2.21. The van der Waals surface area contributed by atoms with Gasteiger partial charge in [-0.05, 0) is 6.07 Å². The monoisotopic (exact) mass is 195 g/mol. The van der Waals surface area contributed by atoms with Crippen LogP contribution in [0.3, 0.4) is 0 Å². The second-order valence-corrected chi connectivity index (χ2v) is 3.82. The summed E-state index contributed by atoms with van der Waals surface area (Å²) in [6.45, 7) is 10.4. The number of ether oxygens (including phenoxy) is 1. The number of hydrogen-bond donors (Lipinski definition) is 0. The Morgan fingerprint density at radius 2 is 1.71 bits per heavy atom. The average molecular weight is 195 g/mol. The van der Waals surface area contributed by atoms with Gasteiger partial charge in [-0.25, -0.2) is 4.98 Å². The third-order valence-electron chi connectivity index (χ3n) is 1.70. The van der Waals surface area contributed by atoms with E-state index in [4.69, 9.17) is 4.74 Å². The number of methoxy groups -OCH3 is 1. The largest absolute Gasteiger partial charge is 0.481 e. The standard InChI is InChI=1S/C10H15NO.C2H6/c1-10(2,3)8-6-5-7-9(11-8)12-4;1-2/h5-7H,1-4H3;1-2H3. The molecule has 0 aliphatic heterocycles. The summed E-state index contributed by atoms with van der Waals surface area (Å²) < 4.78 is 5.04. The molecule has 80 valence electrons. The molecule has 1 aromatic heterocycles. The molecular formula is C12H21NO. The van der Waals surface area contributed by atoms with Crippen molar-refractivity contribution in [3.8, 4) is 5.88 Å². The molecule has 0 radical (unpaired) electrons. The maximum Gasteiger partial charge on any atom is 0.213 e. The first kappa shape index (κ1) is 12.9. The van der Waals surface area contributed by atoms with Gasteiger partial charge in [0.1, 0.15) is 0 Å². The second kappa shape index (κ2) is 5.63. The minimum atomic E-state index is 0.0918. The average Bonchev–Trinajstić information content (AvgIpc) is 2.20. The Morgan fingerprint density at radius 3 is 2.14 bits per heavy atom. The summed E-state index contributed by atoms with van der Waals surface area (Å²) in [5, 5.41) is 0. The maximum atomic E-state index is 5.04. The second-order valence-electron chi connectivity index (χ2n) is 3.82. The molecule has 2 nitrogen and oxygen atoms in total. The van der Waals surface area contributed by atoms with Gasteiger partial charge in [-0.3, -0.25) is 0 Å². The van der Waals surface area contributed by atoms with E-state index >= 15 is 0 Å². The molecule has 1 rings (SSSR count). The minimum Gasteiger partial charge on any atom is -0.481 e. The molecule has 0 aliphatic rings. The maximum absolute atomic E-state index is 5.04. The highest BCUT2D eigenvalue weighted by Gasteiger charge is 2.15. The lowest BCUT2D eigenvalue weighted by atomic mass is 9.92. The van der Waals surface area contributed by atoms with Crippen LogP contribution >= 0.6 is 0 Å². The van der Waals surface area contributed by atoms with Crippen molar-refractivity contribution >= 4 is 0 Å². The van der Waals surface area contributed by atoms with Crippen LogP contribution in [0.4, 0.5) is 0 Å². The molecule has 0 amide bonds. The van der Waals surface area contributed by atoms with Crippen LogP contribution in [-0.4, -0.2) is 12.1 Å². The summed E-state index contributed by atoms with van der Waals surface area (Å²) in [7, 11) is 1.63. The zero-order valence-corrected chi connectivity index (χ0v) is 10.1. The molecule has 0 atom stereocenters. The van der Waals surface area contributed by atoms with E-state index in [0.29, 0.717) is 5.88 Å². The number of aromatic nitrogens is 1. The van der Waals surface area contributed by atoms with Gasteiger partial charge in [-0.1, -0.05) is 40.7 Å². The molecule has 1 heterocycles. The number of hydrogen-bond acceptors (Lipinski definition) is 2. The quantitative estimate of drug-likeness (QED) is 0.685. The van der Waals surface area contributed by atoms with Crippen LogP contribution in [0.2, 0.25) is 0 Å². The van der Waals surface area contributed by atoms with Crippen molar-refractivity contribution in [2.45, 2.75) is 40.0 Å². The van der Waals surface area contributed by atoms with Crippen molar-refractivity contribution < 1.29 is 4.74 Å². The van der Waals surface area contributed by atoms with Crippen LogP contribution < -0.4 is 4.74 Å². The normalized spacial score (nSPS) is 10.1. The van der Waals surface area contributed by atoms with E-state index in [1.165, 1.54) is 0 Å². The smallest absolute Gasteiger partial charge is 0.213 e. The summed E-state index contributed by atoms with van der Waals surface area (Å²) in [5.41, 5.74) is 1.15. The summed E-state index contributed by atoms with van der Waals surface area (Å²) in [6.07, 6.45) is 0. The number of nitrogens with zero attached hydrogens (tertiary/aromatic N) is 1. The van der Waals surface area contributed by atoms with Crippen molar-refractivity contribution in [1.82, 2.24) is 4.98 Å². The van der Waals surface area contributed by atoms with Crippen LogP contribution in [0.1, 0.15) is 40.3 Å². The SMILES string of the molecule is CC.COc1cccc(C(C)(C)C)n1. The van der Waals surface area contributed by atoms with E-state index in [0.717, 1.165) is 5.69 Å². The summed E-state index contributed by atoms with van der Waals surface area (Å²) in [4.78, 5) is 4.34. The van der Waals surface area contributed by atoms with Gasteiger partial charge in [0.2, 0.25) is 5.88 Å². The summed E-state index contributed by atoms with van der Waals surface area (Å²) in [5.74, 6) is 0.683. The molecule has 0 aromatic carbocycles. The highest BCUT2D eigenvalue weighted by molar-refractivity contribution is 5.20. The molecule has 0 unspecified atom stereocenters. The Balaban J connectivity index is 0.000000791. The molecule has 0 aliphatic carbocycles. The topological polar surface area (TPSA) is 22.1 Å². The van der Waals surface area contributed by atoms with Crippen molar-refractivity contribution in [3.05, 3.63) is 23.9 Å². The van der Waals surface area contributed by atoms with Gasteiger partial charge in [0.15, 0.2) is 0 Å². The van der Waals surface area contributed by atoms with E-state index in [-0.39, 0.29) is 5.41 Å². The lowest BCUT2D eigenvalue weighted by Gasteiger charge is -2.17. The van der Waals surface area contributed by atoms with Gasteiger partial charge in [0.05, 0.1) is 7.11 Å².